The summed E-state index contributed by atoms with van der Waals surface area (Å²) in [6.07, 6.45) is -0.0460. The zero-order valence-corrected chi connectivity index (χ0v) is 31.1. The minimum Gasteiger partial charge on any atom is -0.481 e. The van der Waals surface area contributed by atoms with Crippen molar-refractivity contribution in [3.63, 3.8) is 0 Å². The van der Waals surface area contributed by atoms with Crippen molar-refractivity contribution in [2.24, 2.45) is 23.3 Å². The summed E-state index contributed by atoms with van der Waals surface area (Å²) in [6, 6.07) is -7.56. The van der Waals surface area contributed by atoms with E-state index in [4.69, 9.17) is 21.7 Å². The first-order valence-corrected chi connectivity index (χ1v) is 17.6. The maximum atomic E-state index is 13.4. The van der Waals surface area contributed by atoms with Crippen LogP contribution in [0.1, 0.15) is 92.4 Å². The summed E-state index contributed by atoms with van der Waals surface area (Å²) in [5.74, 6) is -9.18. The van der Waals surface area contributed by atoms with Gasteiger partial charge in [-0.2, -0.15) is 0 Å². The molecule has 0 bridgehead atoms. The Kier molecular flexibility index (Phi) is 22.9. The number of hydrogen-bond donors (Lipinski definition) is 11. The van der Waals surface area contributed by atoms with Crippen LogP contribution in [0.25, 0.3) is 0 Å². The molecule has 0 unspecified atom stereocenters. The van der Waals surface area contributed by atoms with Crippen LogP contribution in [0.15, 0.2) is 0 Å². The first kappa shape index (κ1) is 48.1. The Balaban J connectivity index is 5.92. The first-order valence-electron chi connectivity index (χ1n) is 17.6. The number of nitrogens with one attached hydrogen (secondary N) is 6. The lowest BCUT2D eigenvalue weighted by Crippen LogP contribution is -2.59. The molecular formula is C33H58N8O12. The maximum absolute atomic E-state index is 13.4. The largest absolute Gasteiger partial charge is 0.481 e. The second-order valence-corrected chi connectivity index (χ2v) is 13.6. The summed E-state index contributed by atoms with van der Waals surface area (Å²) in [7, 11) is 0. The highest BCUT2D eigenvalue weighted by Crippen LogP contribution is 2.10. The zero-order chi connectivity index (χ0) is 40.8. The van der Waals surface area contributed by atoms with Gasteiger partial charge in [0.1, 0.15) is 36.8 Å². The van der Waals surface area contributed by atoms with Gasteiger partial charge in [-0.3, -0.25) is 43.2 Å². The summed E-state index contributed by atoms with van der Waals surface area (Å²) < 4.78 is 0. The zero-order valence-electron chi connectivity index (χ0n) is 31.1. The van der Waals surface area contributed by atoms with Crippen molar-refractivity contribution in [3.05, 3.63) is 0 Å². The van der Waals surface area contributed by atoms with E-state index in [-0.39, 0.29) is 37.5 Å². The van der Waals surface area contributed by atoms with E-state index >= 15 is 0 Å². The number of amides is 6. The van der Waals surface area contributed by atoms with Crippen LogP contribution in [0, 0.1) is 11.8 Å². The van der Waals surface area contributed by atoms with E-state index in [0.29, 0.717) is 25.8 Å². The highest BCUT2D eigenvalue weighted by atomic mass is 16.4. The minimum atomic E-state index is -1.45. The van der Waals surface area contributed by atoms with Crippen LogP contribution in [0.4, 0.5) is 0 Å². The van der Waals surface area contributed by atoms with Gasteiger partial charge in [0, 0.05) is 12.8 Å². The predicted molar refractivity (Wildman–Crippen MR) is 190 cm³/mol. The molecule has 13 N–H and O–H groups in total. The van der Waals surface area contributed by atoms with Crippen molar-refractivity contribution in [1.82, 2.24) is 31.9 Å². The molecule has 20 nitrogen and oxygen atoms in total. The Labute approximate surface area is 308 Å². The molecule has 53 heavy (non-hydrogen) atoms. The molecule has 0 aromatic rings. The fourth-order valence-electron chi connectivity index (χ4n) is 4.90. The van der Waals surface area contributed by atoms with Gasteiger partial charge >= 0.3 is 17.9 Å². The smallest absolute Gasteiger partial charge is 0.322 e. The van der Waals surface area contributed by atoms with Crippen LogP contribution < -0.4 is 43.4 Å². The molecule has 6 atom stereocenters. The van der Waals surface area contributed by atoms with Crippen molar-refractivity contribution in [2.45, 2.75) is 129 Å². The Bertz CT molecular complexity index is 1280. The number of carboxylic acids is 3. The molecule has 0 heterocycles. The van der Waals surface area contributed by atoms with Crippen molar-refractivity contribution in [3.8, 4) is 0 Å². The van der Waals surface area contributed by atoms with Crippen LogP contribution in [0.2, 0.25) is 0 Å². The summed E-state index contributed by atoms with van der Waals surface area (Å²) in [5.41, 5.74) is 11.5. The Morgan fingerprint density at radius 1 is 0.509 bits per heavy atom. The molecule has 0 aliphatic carbocycles. The highest BCUT2D eigenvalue weighted by molar-refractivity contribution is 5.97. The molecule has 302 valence electrons. The topological polar surface area (TPSA) is 339 Å². The molecule has 0 aliphatic rings. The third-order valence-electron chi connectivity index (χ3n) is 7.71. The number of carboxylic acid groups (broad SMARTS) is 3. The van der Waals surface area contributed by atoms with Crippen molar-refractivity contribution in [2.75, 3.05) is 13.1 Å². The molecule has 0 fully saturated rings. The Morgan fingerprint density at radius 3 is 1.34 bits per heavy atom. The fourth-order valence-corrected chi connectivity index (χ4v) is 4.90. The monoisotopic (exact) mass is 758 g/mol. The van der Waals surface area contributed by atoms with Crippen molar-refractivity contribution in [1.29, 1.82) is 0 Å². The van der Waals surface area contributed by atoms with E-state index in [2.05, 4.69) is 31.9 Å². The van der Waals surface area contributed by atoms with Gasteiger partial charge < -0.3 is 58.7 Å². The summed E-state index contributed by atoms with van der Waals surface area (Å²) in [6.45, 7) is 8.00. The molecule has 0 saturated heterocycles. The number of nitrogens with two attached hydrogens (primary N) is 2. The standard InChI is InChI=1S/C33H58N8O12/c1-17(2)14-23(32(52)38-21(9-11-25(42)43)30(50)36-16-27(46)47)40-28(48)19(5)37-31(51)22(10-12-26(44)45)39-33(53)24(15-18(3)4)41-29(49)20(35)8-6-7-13-34/h17-24H,6-16,34-35H2,1-5H3,(H,36,50)(H,37,51)(H,38,52)(H,39,53)(H,40,48)(H,41,49)(H,42,43)(H,44,45)(H,46,47)/t19-,20-,21-,22-,23-,24-/m0/s1. The number of hydrogen-bond acceptors (Lipinski definition) is 11. The van der Waals surface area contributed by atoms with E-state index in [1.54, 1.807) is 27.7 Å². The highest BCUT2D eigenvalue weighted by Gasteiger charge is 2.32. The molecule has 0 spiro atoms. The number of rotatable bonds is 27. The van der Waals surface area contributed by atoms with E-state index in [1.807, 2.05) is 0 Å². The second-order valence-electron chi connectivity index (χ2n) is 13.6. The molecule has 0 aliphatic heterocycles. The van der Waals surface area contributed by atoms with Gasteiger partial charge in [0.05, 0.1) is 6.04 Å². The summed E-state index contributed by atoms with van der Waals surface area (Å²) >= 11 is 0. The van der Waals surface area contributed by atoms with E-state index in [9.17, 15) is 48.3 Å². The van der Waals surface area contributed by atoms with Gasteiger partial charge in [0.15, 0.2) is 0 Å². The number of carbonyl (C=O) groups is 9. The fraction of sp³-hybridized carbons (Fsp3) is 0.727. The van der Waals surface area contributed by atoms with Crippen LogP contribution >= 0.6 is 0 Å². The summed E-state index contributed by atoms with van der Waals surface area (Å²) in [5, 5.41) is 41.6. The lowest BCUT2D eigenvalue weighted by molar-refractivity contribution is -0.140. The summed E-state index contributed by atoms with van der Waals surface area (Å²) in [4.78, 5) is 112. The lowest BCUT2D eigenvalue weighted by Gasteiger charge is -2.27. The van der Waals surface area contributed by atoms with Gasteiger partial charge in [-0.1, -0.05) is 34.1 Å². The van der Waals surface area contributed by atoms with E-state index in [1.165, 1.54) is 6.92 Å². The average Bonchev–Trinajstić information content (AvgIpc) is 3.05. The minimum absolute atomic E-state index is 0.0393. The van der Waals surface area contributed by atoms with Gasteiger partial charge in [-0.05, 0) is 63.8 Å². The average molecular weight is 759 g/mol. The molecule has 0 saturated carbocycles. The molecular weight excluding hydrogens is 700 g/mol. The predicted octanol–water partition coefficient (Wildman–Crippen LogP) is -2.09. The van der Waals surface area contributed by atoms with E-state index in [0.717, 1.165) is 0 Å². The molecule has 0 aromatic heterocycles. The van der Waals surface area contributed by atoms with Crippen LogP contribution in [-0.4, -0.2) is 118 Å². The van der Waals surface area contributed by atoms with Crippen molar-refractivity contribution >= 4 is 53.4 Å². The quantitative estimate of drug-likeness (QED) is 0.0400. The Morgan fingerprint density at radius 2 is 0.925 bits per heavy atom. The van der Waals surface area contributed by atoms with Crippen LogP contribution in [0.5, 0.6) is 0 Å². The second kappa shape index (κ2) is 25.2. The van der Waals surface area contributed by atoms with Gasteiger partial charge in [0.2, 0.25) is 35.4 Å². The molecule has 0 radical (unpaired) electrons. The van der Waals surface area contributed by atoms with Crippen molar-refractivity contribution < 1.29 is 58.5 Å². The number of carbonyl (C=O) groups excluding carboxylic acids is 6. The number of unbranched alkanes of at least 4 members (excludes halogenated alkanes) is 1. The molecule has 6 amide bonds. The lowest BCUT2D eigenvalue weighted by atomic mass is 10.0. The third-order valence-corrected chi connectivity index (χ3v) is 7.71. The SMILES string of the molecule is CC(C)C[C@H](NC(=O)[C@H](C)NC(=O)[C@H](CCC(=O)O)NC(=O)[C@H](CC(C)C)NC(=O)[C@@H](N)CCCCN)C(=O)N[C@@H](CCC(=O)O)C(=O)NCC(=O)O. The van der Waals surface area contributed by atoms with Crippen LogP contribution in [-0.2, 0) is 43.2 Å². The molecule has 20 heteroatoms. The van der Waals surface area contributed by atoms with Gasteiger partial charge in [-0.25, -0.2) is 0 Å². The normalized spacial score (nSPS) is 14.4. The molecule has 0 aromatic carbocycles. The van der Waals surface area contributed by atoms with Gasteiger partial charge in [0.25, 0.3) is 0 Å². The first-order chi connectivity index (χ1) is 24.7. The third kappa shape index (κ3) is 21.3. The van der Waals surface area contributed by atoms with Crippen LogP contribution in [0.3, 0.4) is 0 Å². The molecule has 0 rings (SSSR count). The number of aliphatic carboxylic acids is 3. The van der Waals surface area contributed by atoms with E-state index < -0.39 is 109 Å². The van der Waals surface area contributed by atoms with Gasteiger partial charge in [-0.15, -0.1) is 0 Å². The Hall–Kier alpha value is -4.85. The maximum Gasteiger partial charge on any atom is 0.322 e.